The normalized spacial score (nSPS) is 19.7. The molecular formula is C26H24FN5O4. The quantitative estimate of drug-likeness (QED) is 0.649. The van der Waals surface area contributed by atoms with Crippen LogP contribution in [0.3, 0.4) is 0 Å². The number of nitrogens with zero attached hydrogens (tertiary/aromatic N) is 4. The van der Waals surface area contributed by atoms with Crippen molar-refractivity contribution in [2.45, 2.75) is 31.8 Å². The maximum atomic E-state index is 14.5. The molecule has 1 unspecified atom stereocenters. The first kappa shape index (κ1) is 23.5. The molecule has 0 aromatic heterocycles. The maximum Gasteiger partial charge on any atom is 0.255 e. The molecular weight excluding hydrogens is 465 g/mol. The van der Waals surface area contributed by atoms with Crippen LogP contribution in [0.1, 0.15) is 39.9 Å². The van der Waals surface area contributed by atoms with Crippen LogP contribution in [0, 0.1) is 17.1 Å². The van der Waals surface area contributed by atoms with Crippen LogP contribution in [0.25, 0.3) is 0 Å². The largest absolute Gasteiger partial charge is 0.368 e. The van der Waals surface area contributed by atoms with Gasteiger partial charge in [0, 0.05) is 56.0 Å². The van der Waals surface area contributed by atoms with Gasteiger partial charge in [0.2, 0.25) is 17.7 Å². The van der Waals surface area contributed by atoms with E-state index in [1.54, 1.807) is 23.1 Å². The molecule has 0 bridgehead atoms. The van der Waals surface area contributed by atoms with Gasteiger partial charge in [-0.3, -0.25) is 24.5 Å². The van der Waals surface area contributed by atoms with Crippen LogP contribution in [-0.2, 0) is 27.3 Å². The van der Waals surface area contributed by atoms with E-state index in [0.29, 0.717) is 43.0 Å². The molecule has 1 N–H and O–H groups in total. The highest BCUT2D eigenvalue weighted by Gasteiger charge is 2.41. The molecule has 4 amide bonds. The fraction of sp³-hybridized carbons (Fsp3) is 0.346. The highest BCUT2D eigenvalue weighted by atomic mass is 19.1. The number of piperidine rings is 1. The topological polar surface area (TPSA) is 114 Å². The van der Waals surface area contributed by atoms with Crippen LogP contribution in [-0.4, -0.2) is 65.6 Å². The fourth-order valence-corrected chi connectivity index (χ4v) is 5.12. The lowest BCUT2D eigenvalue weighted by atomic mass is 10.0. The third-order valence-electron chi connectivity index (χ3n) is 6.98. The first-order chi connectivity index (χ1) is 17.3. The number of fused-ring (bicyclic) bond motifs is 1. The Labute approximate surface area is 207 Å². The number of hydrogen-bond acceptors (Lipinski definition) is 6. The standard InChI is InChI=1S/C26H24FN5O4/c27-18-12-19-20(15-32(26(19)36)21-4-5-23(33)29-25(21)35)22(13-18)30-6-8-31(9-7-30)24(34)11-16-2-1-3-17(10-16)14-28/h1-3,10,12-13,21H,4-9,11,15H2,(H,29,33,35). The summed E-state index contributed by atoms with van der Waals surface area (Å²) in [5.41, 5.74) is 2.74. The van der Waals surface area contributed by atoms with Gasteiger partial charge in [0.15, 0.2) is 0 Å². The Kier molecular flexibility index (Phi) is 6.14. The number of hydrogen-bond donors (Lipinski definition) is 1. The second-order valence-electron chi connectivity index (χ2n) is 9.21. The third kappa shape index (κ3) is 4.40. The third-order valence-corrected chi connectivity index (χ3v) is 6.98. The van der Waals surface area contributed by atoms with Gasteiger partial charge in [-0.15, -0.1) is 0 Å². The van der Waals surface area contributed by atoms with Gasteiger partial charge in [-0.25, -0.2) is 4.39 Å². The van der Waals surface area contributed by atoms with Crippen molar-refractivity contribution in [1.82, 2.24) is 15.1 Å². The minimum atomic E-state index is -0.771. The van der Waals surface area contributed by atoms with E-state index in [9.17, 15) is 23.6 Å². The molecule has 5 rings (SSSR count). The molecule has 2 saturated heterocycles. The van der Waals surface area contributed by atoms with Gasteiger partial charge in [-0.05, 0) is 36.2 Å². The van der Waals surface area contributed by atoms with Crippen LogP contribution in [0.15, 0.2) is 36.4 Å². The molecule has 3 heterocycles. The summed E-state index contributed by atoms with van der Waals surface area (Å²) in [5.74, 6) is -1.89. The number of nitriles is 1. The molecule has 0 aliphatic carbocycles. The fourth-order valence-electron chi connectivity index (χ4n) is 5.12. The first-order valence-corrected chi connectivity index (χ1v) is 11.8. The highest BCUT2D eigenvalue weighted by Crippen LogP contribution is 2.35. The number of carbonyl (C=O) groups excluding carboxylic acids is 4. The molecule has 3 aliphatic heterocycles. The molecule has 3 aliphatic rings. The molecule has 0 radical (unpaired) electrons. The zero-order valence-corrected chi connectivity index (χ0v) is 19.5. The minimum Gasteiger partial charge on any atom is -0.368 e. The number of rotatable bonds is 4. The smallest absolute Gasteiger partial charge is 0.255 e. The van der Waals surface area contributed by atoms with E-state index in [1.165, 1.54) is 17.0 Å². The summed E-state index contributed by atoms with van der Waals surface area (Å²) in [6.45, 7) is 1.96. The molecule has 2 aromatic carbocycles. The lowest BCUT2D eigenvalue weighted by molar-refractivity contribution is -0.137. The molecule has 0 spiro atoms. The van der Waals surface area contributed by atoms with E-state index in [4.69, 9.17) is 5.26 Å². The molecule has 9 nitrogen and oxygen atoms in total. The Morgan fingerprint density at radius 1 is 1.11 bits per heavy atom. The predicted octanol–water partition coefficient (Wildman–Crippen LogP) is 1.35. The Hall–Kier alpha value is -4.26. The summed E-state index contributed by atoms with van der Waals surface area (Å²) in [4.78, 5) is 54.9. The number of imide groups is 1. The van der Waals surface area contributed by atoms with Crippen molar-refractivity contribution in [3.63, 3.8) is 0 Å². The van der Waals surface area contributed by atoms with Gasteiger partial charge in [0.25, 0.3) is 5.91 Å². The number of nitrogens with one attached hydrogen (secondary N) is 1. The van der Waals surface area contributed by atoms with Gasteiger partial charge >= 0.3 is 0 Å². The summed E-state index contributed by atoms with van der Waals surface area (Å²) in [6, 6.07) is 10.9. The van der Waals surface area contributed by atoms with Gasteiger partial charge in [0.1, 0.15) is 11.9 Å². The van der Waals surface area contributed by atoms with Crippen LogP contribution in [0.2, 0.25) is 0 Å². The van der Waals surface area contributed by atoms with Gasteiger partial charge in [0.05, 0.1) is 18.1 Å². The summed E-state index contributed by atoms with van der Waals surface area (Å²) in [6.07, 6.45) is 0.578. The van der Waals surface area contributed by atoms with Gasteiger partial charge in [-0.2, -0.15) is 5.26 Å². The van der Waals surface area contributed by atoms with E-state index >= 15 is 0 Å². The zero-order chi connectivity index (χ0) is 25.4. The SMILES string of the molecule is N#Cc1cccc(CC(=O)N2CCN(c3cc(F)cc4c3CN(C3CCC(=O)NC3=O)C4=O)CC2)c1. The van der Waals surface area contributed by atoms with E-state index in [0.717, 1.165) is 5.56 Å². The number of carbonyl (C=O) groups is 4. The molecule has 0 saturated carbocycles. The molecule has 10 heteroatoms. The molecule has 184 valence electrons. The van der Waals surface area contributed by atoms with Gasteiger partial charge < -0.3 is 14.7 Å². The molecule has 2 fully saturated rings. The number of benzene rings is 2. The molecule has 36 heavy (non-hydrogen) atoms. The number of piperazine rings is 1. The van der Waals surface area contributed by atoms with Crippen molar-refractivity contribution >= 4 is 29.3 Å². The monoisotopic (exact) mass is 489 g/mol. The Balaban J connectivity index is 1.28. The second-order valence-corrected chi connectivity index (χ2v) is 9.21. The number of amides is 4. The van der Waals surface area contributed by atoms with Crippen molar-refractivity contribution in [2.24, 2.45) is 0 Å². The van der Waals surface area contributed by atoms with Crippen molar-refractivity contribution < 1.29 is 23.6 Å². The van der Waals surface area contributed by atoms with Crippen LogP contribution in [0.4, 0.5) is 10.1 Å². The summed E-state index contributed by atoms with van der Waals surface area (Å²) >= 11 is 0. The second kappa shape index (κ2) is 9.41. The van der Waals surface area contributed by atoms with E-state index < -0.39 is 23.7 Å². The lowest BCUT2D eigenvalue weighted by Crippen LogP contribution is -2.52. The predicted molar refractivity (Wildman–Crippen MR) is 126 cm³/mol. The average molecular weight is 490 g/mol. The van der Waals surface area contributed by atoms with Crippen molar-refractivity contribution in [3.05, 3.63) is 64.5 Å². The van der Waals surface area contributed by atoms with Crippen LogP contribution >= 0.6 is 0 Å². The Morgan fingerprint density at radius 2 is 1.89 bits per heavy atom. The maximum absolute atomic E-state index is 14.5. The molecule has 1 atom stereocenters. The van der Waals surface area contributed by atoms with E-state index in [1.807, 2.05) is 11.0 Å². The number of anilines is 1. The van der Waals surface area contributed by atoms with Crippen molar-refractivity contribution in [2.75, 3.05) is 31.1 Å². The summed E-state index contributed by atoms with van der Waals surface area (Å²) < 4.78 is 14.5. The molecule has 2 aromatic rings. The van der Waals surface area contributed by atoms with Crippen LogP contribution in [0.5, 0.6) is 0 Å². The van der Waals surface area contributed by atoms with Crippen molar-refractivity contribution in [3.8, 4) is 6.07 Å². The first-order valence-electron chi connectivity index (χ1n) is 11.8. The minimum absolute atomic E-state index is 0.0478. The Bertz CT molecular complexity index is 1310. The lowest BCUT2D eigenvalue weighted by Gasteiger charge is -2.37. The van der Waals surface area contributed by atoms with E-state index in [2.05, 4.69) is 11.4 Å². The van der Waals surface area contributed by atoms with Gasteiger partial charge in [-0.1, -0.05) is 12.1 Å². The summed E-state index contributed by atoms with van der Waals surface area (Å²) in [5, 5.41) is 11.3. The average Bonchev–Trinajstić information content (AvgIpc) is 3.19. The summed E-state index contributed by atoms with van der Waals surface area (Å²) in [7, 11) is 0. The highest BCUT2D eigenvalue weighted by molar-refractivity contribution is 6.06. The van der Waals surface area contributed by atoms with Crippen LogP contribution < -0.4 is 10.2 Å². The number of halogens is 1. The van der Waals surface area contributed by atoms with E-state index in [-0.39, 0.29) is 43.2 Å². The Morgan fingerprint density at radius 3 is 2.61 bits per heavy atom. The zero-order valence-electron chi connectivity index (χ0n) is 19.5. The van der Waals surface area contributed by atoms with Crippen molar-refractivity contribution in [1.29, 1.82) is 5.26 Å².